The third-order valence-electron chi connectivity index (χ3n) is 2.41. The van der Waals surface area contributed by atoms with Crippen LogP contribution in [0.15, 0.2) is 54.6 Å². The number of benzene rings is 2. The van der Waals surface area contributed by atoms with Crippen LogP contribution in [-0.4, -0.2) is 8.42 Å². The van der Waals surface area contributed by atoms with Gasteiger partial charge in [-0.2, -0.15) is 13.6 Å². The van der Waals surface area contributed by atoms with Gasteiger partial charge in [0, 0.05) is 12.2 Å². The van der Waals surface area contributed by atoms with Crippen molar-refractivity contribution in [2.45, 2.75) is 6.54 Å². The zero-order valence-electron chi connectivity index (χ0n) is 10.1. The van der Waals surface area contributed by atoms with Gasteiger partial charge in [-0.15, -0.1) is 0 Å². The average molecular weight is 278 g/mol. The molecule has 0 aliphatic heterocycles. The smallest absolute Gasteiger partial charge is 0.380 e. The Morgan fingerprint density at radius 2 is 1.63 bits per heavy atom. The highest BCUT2D eigenvalue weighted by molar-refractivity contribution is 7.84. The lowest BCUT2D eigenvalue weighted by Crippen LogP contribution is -2.18. The van der Waals surface area contributed by atoms with Gasteiger partial charge in [0.15, 0.2) is 0 Å². The minimum atomic E-state index is -3.96. The second-order valence-electron chi connectivity index (χ2n) is 3.94. The standard InChI is InChI=1S/C13H14N2O3S/c14-19(16,17)18-13-8-6-11(7-9-13)10-15-12-4-2-1-3-5-12/h1-9,15H,10H2,(H2,14,16,17). The second-order valence-corrected chi connectivity index (χ2v) is 5.09. The number of rotatable bonds is 5. The monoisotopic (exact) mass is 278 g/mol. The van der Waals surface area contributed by atoms with Crippen molar-refractivity contribution in [1.82, 2.24) is 0 Å². The molecule has 0 atom stereocenters. The molecule has 0 fully saturated rings. The number of para-hydroxylation sites is 1. The summed E-state index contributed by atoms with van der Waals surface area (Å²) in [4.78, 5) is 0. The van der Waals surface area contributed by atoms with Gasteiger partial charge in [-0.05, 0) is 29.8 Å². The van der Waals surface area contributed by atoms with Crippen LogP contribution < -0.4 is 14.6 Å². The van der Waals surface area contributed by atoms with E-state index in [9.17, 15) is 8.42 Å². The fraction of sp³-hybridized carbons (Fsp3) is 0.0769. The molecule has 0 amide bonds. The Hall–Kier alpha value is -2.05. The maximum absolute atomic E-state index is 10.7. The predicted octanol–water partition coefficient (Wildman–Crippen LogP) is 1.88. The van der Waals surface area contributed by atoms with Crippen molar-refractivity contribution < 1.29 is 12.6 Å². The first kappa shape index (κ1) is 13.4. The van der Waals surface area contributed by atoms with Gasteiger partial charge in [0.05, 0.1) is 0 Å². The average Bonchev–Trinajstić information content (AvgIpc) is 2.37. The van der Waals surface area contributed by atoms with Gasteiger partial charge in [0.2, 0.25) is 0 Å². The van der Waals surface area contributed by atoms with Crippen LogP contribution in [0.1, 0.15) is 5.56 Å². The van der Waals surface area contributed by atoms with Crippen molar-refractivity contribution in [3.63, 3.8) is 0 Å². The van der Waals surface area contributed by atoms with Crippen molar-refractivity contribution in [1.29, 1.82) is 0 Å². The number of nitrogens with two attached hydrogens (primary N) is 1. The molecule has 0 saturated carbocycles. The highest BCUT2D eigenvalue weighted by atomic mass is 32.2. The van der Waals surface area contributed by atoms with Crippen LogP contribution in [0.5, 0.6) is 5.75 Å². The van der Waals surface area contributed by atoms with Gasteiger partial charge in [-0.25, -0.2) is 0 Å². The summed E-state index contributed by atoms with van der Waals surface area (Å²) < 4.78 is 26.0. The maximum atomic E-state index is 10.7. The van der Waals surface area contributed by atoms with Crippen LogP contribution in [0.25, 0.3) is 0 Å². The summed E-state index contributed by atoms with van der Waals surface area (Å²) in [6, 6.07) is 16.5. The summed E-state index contributed by atoms with van der Waals surface area (Å²) in [7, 11) is -3.96. The van der Waals surface area contributed by atoms with E-state index in [0.717, 1.165) is 11.3 Å². The van der Waals surface area contributed by atoms with Crippen molar-refractivity contribution in [3.8, 4) is 5.75 Å². The molecule has 0 heterocycles. The molecular weight excluding hydrogens is 264 g/mol. The molecule has 6 heteroatoms. The Morgan fingerprint density at radius 3 is 2.21 bits per heavy atom. The summed E-state index contributed by atoms with van der Waals surface area (Å²) in [5, 5.41) is 8.02. The first-order valence-corrected chi connectivity index (χ1v) is 7.10. The van der Waals surface area contributed by atoms with E-state index < -0.39 is 10.3 Å². The van der Waals surface area contributed by atoms with E-state index in [0.29, 0.717) is 6.54 Å². The van der Waals surface area contributed by atoms with Crippen molar-refractivity contribution in [2.24, 2.45) is 5.14 Å². The number of hydrogen-bond acceptors (Lipinski definition) is 4. The first-order chi connectivity index (χ1) is 9.03. The van der Waals surface area contributed by atoms with Gasteiger partial charge >= 0.3 is 10.3 Å². The van der Waals surface area contributed by atoms with Crippen LogP contribution in [0.3, 0.4) is 0 Å². The predicted molar refractivity (Wildman–Crippen MR) is 73.9 cm³/mol. The summed E-state index contributed by atoms with van der Waals surface area (Å²) in [5.41, 5.74) is 2.03. The third kappa shape index (κ3) is 4.61. The molecule has 0 aromatic heterocycles. The van der Waals surface area contributed by atoms with Crippen molar-refractivity contribution >= 4 is 16.0 Å². The molecule has 19 heavy (non-hydrogen) atoms. The molecule has 3 N–H and O–H groups in total. The minimum absolute atomic E-state index is 0.200. The molecule has 2 aromatic carbocycles. The summed E-state index contributed by atoms with van der Waals surface area (Å²) in [5.74, 6) is 0.200. The van der Waals surface area contributed by atoms with Crippen LogP contribution in [0, 0.1) is 0 Å². The molecule has 0 bridgehead atoms. The second kappa shape index (κ2) is 5.73. The lowest BCUT2D eigenvalue weighted by molar-refractivity contribution is 0.487. The topological polar surface area (TPSA) is 81.4 Å². The molecule has 0 aliphatic carbocycles. The molecule has 0 radical (unpaired) electrons. The van der Waals surface area contributed by atoms with E-state index in [4.69, 9.17) is 5.14 Å². The molecule has 0 unspecified atom stereocenters. The van der Waals surface area contributed by atoms with E-state index in [-0.39, 0.29) is 5.75 Å². The Kier molecular flexibility index (Phi) is 4.03. The quantitative estimate of drug-likeness (QED) is 0.875. The zero-order chi connectivity index (χ0) is 13.7. The molecule has 0 spiro atoms. The largest absolute Gasteiger partial charge is 0.381 e. The lowest BCUT2D eigenvalue weighted by atomic mass is 10.2. The van der Waals surface area contributed by atoms with Gasteiger partial charge in [0.25, 0.3) is 0 Å². The highest BCUT2D eigenvalue weighted by Crippen LogP contribution is 2.14. The van der Waals surface area contributed by atoms with Crippen LogP contribution >= 0.6 is 0 Å². The van der Waals surface area contributed by atoms with E-state index in [1.807, 2.05) is 30.3 Å². The third-order valence-corrected chi connectivity index (χ3v) is 2.83. The first-order valence-electron chi connectivity index (χ1n) is 5.63. The number of nitrogens with one attached hydrogen (secondary N) is 1. The summed E-state index contributed by atoms with van der Waals surface area (Å²) >= 11 is 0. The number of anilines is 1. The molecule has 0 saturated heterocycles. The molecule has 5 nitrogen and oxygen atoms in total. The van der Waals surface area contributed by atoms with E-state index >= 15 is 0 Å². The molecular formula is C13H14N2O3S. The van der Waals surface area contributed by atoms with Gasteiger partial charge in [-0.1, -0.05) is 30.3 Å². The fourth-order valence-corrected chi connectivity index (χ4v) is 1.94. The fourth-order valence-electron chi connectivity index (χ4n) is 1.56. The number of hydrogen-bond donors (Lipinski definition) is 2. The Labute approximate surface area is 112 Å². The van der Waals surface area contributed by atoms with E-state index in [1.165, 1.54) is 0 Å². The Morgan fingerprint density at radius 1 is 1.00 bits per heavy atom. The van der Waals surface area contributed by atoms with Gasteiger partial charge in [0.1, 0.15) is 5.75 Å². The molecule has 2 rings (SSSR count). The van der Waals surface area contributed by atoms with Gasteiger partial charge < -0.3 is 9.50 Å². The minimum Gasteiger partial charge on any atom is -0.381 e. The molecule has 100 valence electrons. The van der Waals surface area contributed by atoms with Crippen LogP contribution in [0.4, 0.5) is 5.69 Å². The maximum Gasteiger partial charge on any atom is 0.380 e. The normalized spacial score (nSPS) is 11.0. The lowest BCUT2D eigenvalue weighted by Gasteiger charge is -2.07. The molecule has 2 aromatic rings. The van der Waals surface area contributed by atoms with E-state index in [2.05, 4.69) is 9.50 Å². The Bertz CT molecular complexity index is 625. The van der Waals surface area contributed by atoms with Crippen molar-refractivity contribution in [3.05, 3.63) is 60.2 Å². The summed E-state index contributed by atoms with van der Waals surface area (Å²) in [6.45, 7) is 0.639. The van der Waals surface area contributed by atoms with Gasteiger partial charge in [-0.3, -0.25) is 0 Å². The van der Waals surface area contributed by atoms with E-state index in [1.54, 1.807) is 24.3 Å². The SMILES string of the molecule is NS(=O)(=O)Oc1ccc(CNc2ccccc2)cc1. The molecule has 0 aliphatic rings. The highest BCUT2D eigenvalue weighted by Gasteiger charge is 2.04. The van der Waals surface area contributed by atoms with Crippen LogP contribution in [0.2, 0.25) is 0 Å². The Balaban J connectivity index is 1.96. The zero-order valence-corrected chi connectivity index (χ0v) is 10.9. The van der Waals surface area contributed by atoms with Crippen molar-refractivity contribution in [2.75, 3.05) is 5.32 Å². The summed E-state index contributed by atoms with van der Waals surface area (Å²) in [6.07, 6.45) is 0. The van der Waals surface area contributed by atoms with Crippen LogP contribution in [-0.2, 0) is 16.8 Å².